The van der Waals surface area contributed by atoms with Gasteiger partial charge in [0.05, 0.1) is 5.92 Å². The van der Waals surface area contributed by atoms with Crippen molar-refractivity contribution >= 4 is 11.6 Å². The van der Waals surface area contributed by atoms with Crippen molar-refractivity contribution in [2.75, 3.05) is 5.32 Å². The largest absolute Gasteiger partial charge is 0.326 e. The van der Waals surface area contributed by atoms with Crippen LogP contribution in [0.1, 0.15) is 43.0 Å². The molecule has 0 unspecified atom stereocenters. The predicted molar refractivity (Wildman–Crippen MR) is 95.1 cm³/mol. The van der Waals surface area contributed by atoms with E-state index >= 15 is 0 Å². The van der Waals surface area contributed by atoms with Crippen LogP contribution in [0.3, 0.4) is 0 Å². The monoisotopic (exact) mass is 333 g/mol. The summed E-state index contributed by atoms with van der Waals surface area (Å²) in [6, 6.07) is 11.3. The molecule has 1 aliphatic carbocycles. The van der Waals surface area contributed by atoms with E-state index in [2.05, 4.69) is 25.5 Å². The molecular weight excluding hydrogens is 314 g/mol. The minimum absolute atomic E-state index is 0.0605. The van der Waals surface area contributed by atoms with Gasteiger partial charge < -0.3 is 5.32 Å². The lowest BCUT2D eigenvalue weighted by molar-refractivity contribution is -0.117. The van der Waals surface area contributed by atoms with Crippen molar-refractivity contribution in [3.63, 3.8) is 0 Å². The molecule has 3 aromatic rings. The Hall–Kier alpha value is -3.02. The SMILES string of the molecule is C[C@H](C(=O)Nc1ccc(-c2n[nH]c(C3CC3)n2)cc1)c1cccnc1. The number of nitrogens with one attached hydrogen (secondary N) is 2. The summed E-state index contributed by atoms with van der Waals surface area (Å²) in [5.41, 5.74) is 2.58. The first-order valence-corrected chi connectivity index (χ1v) is 8.44. The zero-order valence-electron chi connectivity index (χ0n) is 13.9. The van der Waals surface area contributed by atoms with Gasteiger partial charge in [0, 0.05) is 29.6 Å². The van der Waals surface area contributed by atoms with Crippen LogP contribution in [0.25, 0.3) is 11.4 Å². The van der Waals surface area contributed by atoms with Gasteiger partial charge in [-0.1, -0.05) is 6.07 Å². The molecule has 1 aliphatic rings. The molecule has 0 saturated heterocycles. The van der Waals surface area contributed by atoms with Crippen LogP contribution in [0.4, 0.5) is 5.69 Å². The van der Waals surface area contributed by atoms with E-state index in [4.69, 9.17) is 0 Å². The third kappa shape index (κ3) is 3.42. The fourth-order valence-electron chi connectivity index (χ4n) is 2.68. The molecule has 126 valence electrons. The van der Waals surface area contributed by atoms with E-state index in [-0.39, 0.29) is 11.8 Å². The number of hydrogen-bond donors (Lipinski definition) is 2. The number of rotatable bonds is 5. The molecule has 2 aromatic heterocycles. The second-order valence-electron chi connectivity index (χ2n) is 6.39. The van der Waals surface area contributed by atoms with Gasteiger partial charge in [0.1, 0.15) is 5.82 Å². The Labute approximate surface area is 145 Å². The third-order valence-electron chi connectivity index (χ3n) is 4.46. The number of H-pyrrole nitrogens is 1. The Morgan fingerprint density at radius 3 is 2.72 bits per heavy atom. The number of nitrogens with zero attached hydrogens (tertiary/aromatic N) is 3. The highest BCUT2D eigenvalue weighted by atomic mass is 16.1. The minimum Gasteiger partial charge on any atom is -0.326 e. The summed E-state index contributed by atoms with van der Waals surface area (Å²) in [7, 11) is 0. The van der Waals surface area contributed by atoms with Crippen molar-refractivity contribution in [2.45, 2.75) is 31.6 Å². The molecule has 25 heavy (non-hydrogen) atoms. The van der Waals surface area contributed by atoms with Crippen molar-refractivity contribution in [1.82, 2.24) is 20.2 Å². The molecule has 6 heteroatoms. The minimum atomic E-state index is -0.262. The second kappa shape index (κ2) is 6.47. The smallest absolute Gasteiger partial charge is 0.231 e. The van der Waals surface area contributed by atoms with Crippen LogP contribution < -0.4 is 5.32 Å². The van der Waals surface area contributed by atoms with Crippen molar-refractivity contribution in [3.8, 4) is 11.4 Å². The molecule has 0 aliphatic heterocycles. The Balaban J connectivity index is 1.43. The number of benzene rings is 1. The van der Waals surface area contributed by atoms with Gasteiger partial charge in [-0.2, -0.15) is 5.10 Å². The van der Waals surface area contributed by atoms with Gasteiger partial charge in [-0.3, -0.25) is 14.9 Å². The lowest BCUT2D eigenvalue weighted by Gasteiger charge is -2.12. The van der Waals surface area contributed by atoms with E-state index in [1.165, 1.54) is 12.8 Å². The van der Waals surface area contributed by atoms with Gasteiger partial charge in [0.2, 0.25) is 5.91 Å². The van der Waals surface area contributed by atoms with Crippen LogP contribution in [-0.2, 0) is 4.79 Å². The van der Waals surface area contributed by atoms with Crippen molar-refractivity contribution in [3.05, 3.63) is 60.2 Å². The standard InChI is InChI=1S/C19H19N5O/c1-12(15-3-2-10-20-11-15)19(25)21-16-8-6-14(7-9-16)18-22-17(23-24-18)13-4-5-13/h2-3,6-13H,4-5H2,1H3,(H,21,25)(H,22,23,24)/t12-/m0/s1. The summed E-state index contributed by atoms with van der Waals surface area (Å²) in [5, 5.41) is 10.2. The zero-order valence-corrected chi connectivity index (χ0v) is 13.9. The van der Waals surface area contributed by atoms with Crippen molar-refractivity contribution in [1.29, 1.82) is 0 Å². The number of aromatic nitrogens is 4. The molecule has 1 saturated carbocycles. The topological polar surface area (TPSA) is 83.6 Å². The third-order valence-corrected chi connectivity index (χ3v) is 4.46. The molecule has 0 spiro atoms. The summed E-state index contributed by atoms with van der Waals surface area (Å²) >= 11 is 0. The van der Waals surface area contributed by atoms with Gasteiger partial charge in [0.25, 0.3) is 0 Å². The highest BCUT2D eigenvalue weighted by Crippen LogP contribution is 2.38. The first-order chi connectivity index (χ1) is 12.2. The zero-order chi connectivity index (χ0) is 17.2. The lowest BCUT2D eigenvalue weighted by atomic mass is 10.0. The first kappa shape index (κ1) is 15.5. The van der Waals surface area contributed by atoms with Gasteiger partial charge in [-0.25, -0.2) is 4.98 Å². The molecule has 1 atom stereocenters. The average Bonchev–Trinajstić information content (AvgIpc) is 3.39. The van der Waals surface area contributed by atoms with Gasteiger partial charge >= 0.3 is 0 Å². The molecule has 1 aromatic carbocycles. The summed E-state index contributed by atoms with van der Waals surface area (Å²) in [6.45, 7) is 1.87. The molecular formula is C19H19N5O. The number of anilines is 1. The van der Waals surface area contributed by atoms with Gasteiger partial charge in [0.15, 0.2) is 5.82 Å². The number of hydrogen-bond acceptors (Lipinski definition) is 4. The second-order valence-corrected chi connectivity index (χ2v) is 6.39. The summed E-state index contributed by atoms with van der Waals surface area (Å²) < 4.78 is 0. The maximum absolute atomic E-state index is 12.4. The maximum Gasteiger partial charge on any atom is 0.231 e. The lowest BCUT2D eigenvalue weighted by Crippen LogP contribution is -2.18. The molecule has 0 bridgehead atoms. The number of amides is 1. The quantitative estimate of drug-likeness (QED) is 0.748. The van der Waals surface area contributed by atoms with E-state index in [0.717, 1.165) is 22.6 Å². The molecule has 0 radical (unpaired) electrons. The Bertz CT molecular complexity index is 868. The average molecular weight is 333 g/mol. The number of carbonyl (C=O) groups excluding carboxylic acids is 1. The van der Waals surface area contributed by atoms with E-state index in [0.29, 0.717) is 11.7 Å². The van der Waals surface area contributed by atoms with Crippen LogP contribution in [0.15, 0.2) is 48.8 Å². The van der Waals surface area contributed by atoms with E-state index in [9.17, 15) is 4.79 Å². The molecule has 1 fully saturated rings. The highest BCUT2D eigenvalue weighted by Gasteiger charge is 2.27. The maximum atomic E-state index is 12.4. The predicted octanol–water partition coefficient (Wildman–Crippen LogP) is 3.49. The molecule has 4 rings (SSSR count). The Morgan fingerprint density at radius 1 is 1.24 bits per heavy atom. The van der Waals surface area contributed by atoms with Crippen LogP contribution in [0, 0.1) is 0 Å². The van der Waals surface area contributed by atoms with E-state index in [1.54, 1.807) is 12.4 Å². The Morgan fingerprint density at radius 2 is 2.04 bits per heavy atom. The molecule has 2 heterocycles. The molecule has 1 amide bonds. The van der Waals surface area contributed by atoms with Crippen LogP contribution in [0.2, 0.25) is 0 Å². The van der Waals surface area contributed by atoms with Crippen LogP contribution >= 0.6 is 0 Å². The first-order valence-electron chi connectivity index (χ1n) is 8.44. The van der Waals surface area contributed by atoms with Gasteiger partial charge in [-0.15, -0.1) is 0 Å². The highest BCUT2D eigenvalue weighted by molar-refractivity contribution is 5.95. The summed E-state index contributed by atoms with van der Waals surface area (Å²) in [6.07, 6.45) is 5.79. The van der Waals surface area contributed by atoms with Crippen molar-refractivity contribution < 1.29 is 4.79 Å². The summed E-state index contributed by atoms with van der Waals surface area (Å²) in [5.74, 6) is 1.90. The number of aromatic amines is 1. The summed E-state index contributed by atoms with van der Waals surface area (Å²) in [4.78, 5) is 21.0. The van der Waals surface area contributed by atoms with Gasteiger partial charge in [-0.05, 0) is 55.7 Å². The molecule has 2 N–H and O–H groups in total. The Kier molecular flexibility index (Phi) is 4.01. The van der Waals surface area contributed by atoms with Crippen molar-refractivity contribution in [2.24, 2.45) is 0 Å². The molecule has 6 nitrogen and oxygen atoms in total. The van der Waals surface area contributed by atoms with E-state index < -0.39 is 0 Å². The van der Waals surface area contributed by atoms with E-state index in [1.807, 2.05) is 43.3 Å². The van der Waals surface area contributed by atoms with Crippen LogP contribution in [0.5, 0.6) is 0 Å². The number of pyridine rings is 1. The normalized spacial score (nSPS) is 14.9. The fraction of sp³-hybridized carbons (Fsp3) is 0.263. The fourth-order valence-corrected chi connectivity index (χ4v) is 2.68. The van der Waals surface area contributed by atoms with Crippen LogP contribution in [-0.4, -0.2) is 26.1 Å². The number of carbonyl (C=O) groups is 1.